The van der Waals surface area contributed by atoms with E-state index in [2.05, 4.69) is 31.1 Å². The zero-order valence-corrected chi connectivity index (χ0v) is 12.2. The molecule has 1 aromatic carbocycles. The van der Waals surface area contributed by atoms with Crippen molar-refractivity contribution in [3.8, 4) is 0 Å². The van der Waals surface area contributed by atoms with E-state index in [4.69, 9.17) is 0 Å². The number of nitrogens with zero attached hydrogens (tertiary/aromatic N) is 1. The average Bonchev–Trinajstić information content (AvgIpc) is 3.16. The Morgan fingerprint density at radius 1 is 1.37 bits per heavy atom. The van der Waals surface area contributed by atoms with Gasteiger partial charge in [0.2, 0.25) is 0 Å². The lowest BCUT2D eigenvalue weighted by Gasteiger charge is -2.17. The van der Waals surface area contributed by atoms with E-state index in [9.17, 15) is 4.39 Å². The molecule has 2 rings (SSSR count). The first-order valence-electron chi connectivity index (χ1n) is 7.24. The summed E-state index contributed by atoms with van der Waals surface area (Å²) in [6, 6.07) is 6.15. The van der Waals surface area contributed by atoms with Gasteiger partial charge in [-0.05, 0) is 44.0 Å². The minimum Gasteiger partial charge on any atom is -0.312 e. The summed E-state index contributed by atoms with van der Waals surface area (Å²) in [5, 5.41) is 3.40. The molecule has 1 fully saturated rings. The highest BCUT2D eigenvalue weighted by Crippen LogP contribution is 2.27. The van der Waals surface area contributed by atoms with Gasteiger partial charge in [0.15, 0.2) is 0 Å². The van der Waals surface area contributed by atoms with Gasteiger partial charge in [-0.2, -0.15) is 0 Å². The summed E-state index contributed by atoms with van der Waals surface area (Å²) in [6.07, 6.45) is 2.52. The summed E-state index contributed by atoms with van der Waals surface area (Å²) in [5.74, 6) is 0.557. The molecule has 3 heteroatoms. The van der Waals surface area contributed by atoms with Gasteiger partial charge in [-0.1, -0.05) is 26.0 Å². The van der Waals surface area contributed by atoms with E-state index in [-0.39, 0.29) is 5.82 Å². The van der Waals surface area contributed by atoms with Crippen molar-refractivity contribution in [2.45, 2.75) is 45.8 Å². The van der Waals surface area contributed by atoms with Crippen LogP contribution in [0.4, 0.5) is 4.39 Å². The topological polar surface area (TPSA) is 15.3 Å². The van der Waals surface area contributed by atoms with Crippen LogP contribution < -0.4 is 5.32 Å². The molecule has 0 atom stereocenters. The predicted octanol–water partition coefficient (Wildman–Crippen LogP) is 3.17. The second kappa shape index (κ2) is 6.49. The fraction of sp³-hybridized carbons (Fsp3) is 0.625. The molecule has 0 aromatic heterocycles. The van der Waals surface area contributed by atoms with E-state index in [1.807, 2.05) is 12.1 Å². The molecule has 0 aliphatic heterocycles. The van der Waals surface area contributed by atoms with E-state index < -0.39 is 0 Å². The molecule has 0 radical (unpaired) electrons. The molecule has 1 aliphatic carbocycles. The van der Waals surface area contributed by atoms with E-state index in [1.54, 1.807) is 6.07 Å². The lowest BCUT2D eigenvalue weighted by molar-refractivity contribution is 0.311. The van der Waals surface area contributed by atoms with Crippen LogP contribution in [0, 0.1) is 11.7 Å². The summed E-state index contributed by atoms with van der Waals surface area (Å²) in [4.78, 5) is 2.25. The van der Waals surface area contributed by atoms with Crippen LogP contribution in [0.25, 0.3) is 0 Å². The molecule has 19 heavy (non-hydrogen) atoms. The summed E-state index contributed by atoms with van der Waals surface area (Å²) < 4.78 is 13.8. The highest BCUT2D eigenvalue weighted by molar-refractivity contribution is 5.25. The first kappa shape index (κ1) is 14.5. The van der Waals surface area contributed by atoms with E-state index in [0.717, 1.165) is 18.7 Å². The number of nitrogens with one attached hydrogen (secondary N) is 1. The Bertz CT molecular complexity index is 413. The molecule has 0 unspecified atom stereocenters. The van der Waals surface area contributed by atoms with Crippen molar-refractivity contribution in [2.75, 3.05) is 13.6 Å². The van der Waals surface area contributed by atoms with Crippen LogP contribution in [0.5, 0.6) is 0 Å². The fourth-order valence-electron chi connectivity index (χ4n) is 2.28. The maximum atomic E-state index is 13.8. The molecule has 0 amide bonds. The minimum atomic E-state index is -0.0832. The van der Waals surface area contributed by atoms with Crippen LogP contribution in [0.1, 0.15) is 37.8 Å². The second-order valence-corrected chi connectivity index (χ2v) is 6.10. The highest BCUT2D eigenvalue weighted by Gasteiger charge is 2.26. The van der Waals surface area contributed by atoms with Crippen molar-refractivity contribution in [1.29, 1.82) is 0 Å². The van der Waals surface area contributed by atoms with Gasteiger partial charge in [0, 0.05) is 24.7 Å². The van der Waals surface area contributed by atoms with Gasteiger partial charge in [0.1, 0.15) is 5.82 Å². The van der Waals surface area contributed by atoms with Gasteiger partial charge in [-0.25, -0.2) is 4.39 Å². The van der Waals surface area contributed by atoms with Gasteiger partial charge < -0.3 is 5.32 Å². The number of hydrogen-bond acceptors (Lipinski definition) is 2. The third kappa shape index (κ3) is 4.59. The van der Waals surface area contributed by atoms with Crippen molar-refractivity contribution in [3.63, 3.8) is 0 Å². The monoisotopic (exact) mass is 264 g/mol. The Hall–Kier alpha value is -0.930. The molecule has 0 saturated heterocycles. The summed E-state index contributed by atoms with van der Waals surface area (Å²) in [5.41, 5.74) is 1.99. The number of benzene rings is 1. The number of rotatable bonds is 7. The minimum absolute atomic E-state index is 0.0832. The maximum Gasteiger partial charge on any atom is 0.127 e. The molecular weight excluding hydrogens is 239 g/mol. The molecule has 0 heterocycles. The molecule has 2 nitrogen and oxygen atoms in total. The van der Waals surface area contributed by atoms with Crippen molar-refractivity contribution < 1.29 is 4.39 Å². The Balaban J connectivity index is 1.93. The van der Waals surface area contributed by atoms with Gasteiger partial charge in [-0.15, -0.1) is 0 Å². The standard InChI is InChI=1S/C16H25FN2/c1-12(2)9-18-10-13-4-7-16(17)14(8-13)11-19(3)15-5-6-15/h4,7-8,12,15,18H,5-6,9-11H2,1-3H3. The third-order valence-electron chi connectivity index (χ3n) is 3.58. The van der Waals surface area contributed by atoms with Crippen LogP contribution in [0.15, 0.2) is 18.2 Å². The summed E-state index contributed by atoms with van der Waals surface area (Å²) in [6.45, 7) is 6.91. The van der Waals surface area contributed by atoms with Crippen LogP contribution in [-0.2, 0) is 13.1 Å². The van der Waals surface area contributed by atoms with Crippen molar-refractivity contribution in [1.82, 2.24) is 10.2 Å². The van der Waals surface area contributed by atoms with Gasteiger partial charge in [0.05, 0.1) is 0 Å². The summed E-state index contributed by atoms with van der Waals surface area (Å²) in [7, 11) is 2.08. The Morgan fingerprint density at radius 3 is 2.74 bits per heavy atom. The molecule has 1 N–H and O–H groups in total. The molecule has 1 aromatic rings. The van der Waals surface area contributed by atoms with Crippen LogP contribution >= 0.6 is 0 Å². The second-order valence-electron chi connectivity index (χ2n) is 6.10. The fourth-order valence-corrected chi connectivity index (χ4v) is 2.28. The normalized spacial score (nSPS) is 15.5. The van der Waals surface area contributed by atoms with Gasteiger partial charge in [-0.3, -0.25) is 4.90 Å². The van der Waals surface area contributed by atoms with Crippen molar-refractivity contribution in [2.24, 2.45) is 5.92 Å². The lowest BCUT2D eigenvalue weighted by atomic mass is 10.1. The van der Waals surface area contributed by atoms with E-state index >= 15 is 0 Å². The SMILES string of the molecule is CC(C)CNCc1ccc(F)c(CN(C)C2CC2)c1. The Morgan fingerprint density at radius 2 is 2.11 bits per heavy atom. The van der Waals surface area contributed by atoms with E-state index in [1.165, 1.54) is 18.4 Å². The Labute approximate surface area is 116 Å². The number of halogens is 1. The molecule has 106 valence electrons. The summed E-state index contributed by atoms with van der Waals surface area (Å²) >= 11 is 0. The molecule has 0 bridgehead atoms. The first-order chi connectivity index (χ1) is 9.06. The maximum absolute atomic E-state index is 13.8. The molecular formula is C16H25FN2. The predicted molar refractivity (Wildman–Crippen MR) is 77.4 cm³/mol. The molecule has 1 aliphatic rings. The van der Waals surface area contributed by atoms with E-state index in [0.29, 0.717) is 18.5 Å². The highest BCUT2D eigenvalue weighted by atomic mass is 19.1. The van der Waals surface area contributed by atoms with Crippen molar-refractivity contribution >= 4 is 0 Å². The smallest absolute Gasteiger partial charge is 0.127 e. The van der Waals surface area contributed by atoms with Crippen LogP contribution in [0.3, 0.4) is 0 Å². The zero-order chi connectivity index (χ0) is 13.8. The first-order valence-corrected chi connectivity index (χ1v) is 7.24. The molecule has 0 spiro atoms. The number of hydrogen-bond donors (Lipinski definition) is 1. The van der Waals surface area contributed by atoms with Gasteiger partial charge >= 0.3 is 0 Å². The van der Waals surface area contributed by atoms with Crippen LogP contribution in [-0.4, -0.2) is 24.5 Å². The third-order valence-corrected chi connectivity index (χ3v) is 3.58. The van der Waals surface area contributed by atoms with Gasteiger partial charge in [0.25, 0.3) is 0 Å². The zero-order valence-electron chi connectivity index (χ0n) is 12.2. The largest absolute Gasteiger partial charge is 0.312 e. The average molecular weight is 264 g/mol. The van der Waals surface area contributed by atoms with Crippen LogP contribution in [0.2, 0.25) is 0 Å². The van der Waals surface area contributed by atoms with Crippen molar-refractivity contribution in [3.05, 3.63) is 35.1 Å². The quantitative estimate of drug-likeness (QED) is 0.814. The molecule has 1 saturated carbocycles. The Kier molecular flexibility index (Phi) is 4.94. The lowest BCUT2D eigenvalue weighted by Crippen LogP contribution is -2.21.